The molecule has 0 aliphatic rings. The molecule has 0 saturated carbocycles. The van der Waals surface area contributed by atoms with Gasteiger partial charge in [0.05, 0.1) is 6.04 Å². The van der Waals surface area contributed by atoms with Gasteiger partial charge in [-0.05, 0) is 12.5 Å². The third-order valence-corrected chi connectivity index (χ3v) is 3.06. The first-order chi connectivity index (χ1) is 10.7. The highest BCUT2D eigenvalue weighted by atomic mass is 16.6. The first-order valence-electron chi connectivity index (χ1n) is 6.98. The quantitative estimate of drug-likeness (QED) is 0.635. The molecule has 0 radical (unpaired) electrons. The number of ether oxygens (including phenoxy) is 1. The van der Waals surface area contributed by atoms with Gasteiger partial charge in [0.1, 0.15) is 6.61 Å². The monoisotopic (exact) mass is 298 g/mol. The van der Waals surface area contributed by atoms with Crippen molar-refractivity contribution in [3.8, 4) is 0 Å². The number of hydrazine groups is 1. The van der Waals surface area contributed by atoms with E-state index in [0.717, 1.165) is 5.56 Å². The molecule has 22 heavy (non-hydrogen) atoms. The number of ketones is 1. The summed E-state index contributed by atoms with van der Waals surface area (Å²) in [5.74, 6) is -0.107. The maximum Gasteiger partial charge on any atom is 0.421 e. The van der Waals surface area contributed by atoms with Crippen molar-refractivity contribution in [2.24, 2.45) is 0 Å². The molecule has 2 N–H and O–H groups in total. The summed E-state index contributed by atoms with van der Waals surface area (Å²) in [6.07, 6.45) is -0.628. The second-order valence-electron chi connectivity index (χ2n) is 4.78. The van der Waals surface area contributed by atoms with Crippen LogP contribution in [0.5, 0.6) is 0 Å². The molecule has 5 nitrogen and oxygen atoms in total. The Kier molecular flexibility index (Phi) is 5.68. The Morgan fingerprint density at radius 1 is 1.00 bits per heavy atom. The largest absolute Gasteiger partial charge is 0.444 e. The molecule has 5 heteroatoms. The Hall–Kier alpha value is -2.66. The summed E-state index contributed by atoms with van der Waals surface area (Å²) in [6, 6.07) is 17.7. The first-order valence-corrected chi connectivity index (χ1v) is 6.98. The average Bonchev–Trinajstić information content (AvgIpc) is 2.58. The van der Waals surface area contributed by atoms with Gasteiger partial charge in [0, 0.05) is 5.56 Å². The van der Waals surface area contributed by atoms with E-state index in [1.807, 2.05) is 36.4 Å². The molecule has 0 aliphatic heterocycles. The molecule has 114 valence electrons. The predicted octanol–water partition coefficient (Wildman–Crippen LogP) is 2.69. The van der Waals surface area contributed by atoms with Gasteiger partial charge in [-0.25, -0.2) is 10.2 Å². The molecule has 0 fully saturated rings. The van der Waals surface area contributed by atoms with Crippen LogP contribution >= 0.6 is 0 Å². The second-order valence-corrected chi connectivity index (χ2v) is 4.78. The lowest BCUT2D eigenvalue weighted by Gasteiger charge is -2.14. The van der Waals surface area contributed by atoms with E-state index in [-0.39, 0.29) is 12.4 Å². The van der Waals surface area contributed by atoms with Gasteiger partial charge in [0.25, 0.3) is 0 Å². The number of nitrogens with one attached hydrogen (secondary N) is 2. The minimum absolute atomic E-state index is 0.107. The average molecular weight is 298 g/mol. The van der Waals surface area contributed by atoms with Crippen LogP contribution in [0, 0.1) is 0 Å². The van der Waals surface area contributed by atoms with Gasteiger partial charge in [0.15, 0.2) is 5.78 Å². The van der Waals surface area contributed by atoms with E-state index < -0.39 is 12.1 Å². The number of benzene rings is 2. The molecular weight excluding hydrogens is 280 g/mol. The van der Waals surface area contributed by atoms with Crippen molar-refractivity contribution in [2.75, 3.05) is 0 Å². The lowest BCUT2D eigenvalue weighted by molar-refractivity contribution is 0.0934. The number of carbonyl (C=O) groups is 2. The molecule has 2 aromatic rings. The Morgan fingerprint density at radius 3 is 2.23 bits per heavy atom. The summed E-state index contributed by atoms with van der Waals surface area (Å²) in [5.41, 5.74) is 6.49. The van der Waals surface area contributed by atoms with Crippen LogP contribution in [0.15, 0.2) is 60.7 Å². The number of hydrogen-bond donors (Lipinski definition) is 2. The van der Waals surface area contributed by atoms with Crippen LogP contribution in [0.1, 0.15) is 22.8 Å². The van der Waals surface area contributed by atoms with Gasteiger partial charge in [-0.15, -0.1) is 0 Å². The van der Waals surface area contributed by atoms with Crippen LogP contribution in [-0.2, 0) is 11.3 Å². The minimum atomic E-state index is -0.628. The summed E-state index contributed by atoms with van der Waals surface area (Å²) in [7, 11) is 0. The smallest absolute Gasteiger partial charge is 0.421 e. The summed E-state index contributed by atoms with van der Waals surface area (Å²) in [6.45, 7) is 1.85. The van der Waals surface area contributed by atoms with E-state index in [1.165, 1.54) is 0 Å². The predicted molar refractivity (Wildman–Crippen MR) is 83.1 cm³/mol. The molecule has 2 rings (SSSR count). The molecule has 1 amide bonds. The van der Waals surface area contributed by atoms with Crippen LogP contribution in [-0.4, -0.2) is 17.9 Å². The zero-order valence-electron chi connectivity index (χ0n) is 12.3. The van der Waals surface area contributed by atoms with E-state index in [1.54, 1.807) is 31.2 Å². The fourth-order valence-electron chi connectivity index (χ4n) is 1.84. The summed E-state index contributed by atoms with van der Waals surface area (Å²) >= 11 is 0. The summed E-state index contributed by atoms with van der Waals surface area (Å²) < 4.78 is 5.04. The Labute approximate surface area is 129 Å². The first kappa shape index (κ1) is 15.7. The van der Waals surface area contributed by atoms with E-state index in [0.29, 0.717) is 5.56 Å². The fourth-order valence-corrected chi connectivity index (χ4v) is 1.84. The topological polar surface area (TPSA) is 67.4 Å². The van der Waals surface area contributed by atoms with Crippen molar-refractivity contribution < 1.29 is 14.3 Å². The van der Waals surface area contributed by atoms with Crippen molar-refractivity contribution in [2.45, 2.75) is 19.6 Å². The van der Waals surface area contributed by atoms with E-state index in [4.69, 9.17) is 4.74 Å². The molecule has 2 aromatic carbocycles. The van der Waals surface area contributed by atoms with Gasteiger partial charge in [0.2, 0.25) is 0 Å². The van der Waals surface area contributed by atoms with Crippen LogP contribution in [0.2, 0.25) is 0 Å². The molecular formula is C17H18N2O3. The maximum atomic E-state index is 12.1. The van der Waals surface area contributed by atoms with E-state index in [2.05, 4.69) is 10.9 Å². The Balaban J connectivity index is 1.75. The number of Topliss-reactive ketones (excluding diaryl/α,β-unsaturated/α-hetero) is 1. The molecule has 0 saturated heterocycles. The van der Waals surface area contributed by atoms with Crippen LogP contribution in [0.4, 0.5) is 4.79 Å². The normalized spacial score (nSPS) is 11.5. The zero-order valence-corrected chi connectivity index (χ0v) is 12.3. The lowest BCUT2D eigenvalue weighted by atomic mass is 10.1. The molecule has 0 bridgehead atoms. The Bertz CT molecular complexity index is 614. The van der Waals surface area contributed by atoms with Gasteiger partial charge in [-0.1, -0.05) is 60.7 Å². The van der Waals surface area contributed by atoms with Gasteiger partial charge in [-0.2, -0.15) is 0 Å². The van der Waals surface area contributed by atoms with Crippen molar-refractivity contribution in [3.63, 3.8) is 0 Å². The third kappa shape index (κ3) is 4.71. The molecule has 0 spiro atoms. The van der Waals surface area contributed by atoms with Crippen molar-refractivity contribution >= 4 is 11.9 Å². The van der Waals surface area contributed by atoms with Crippen LogP contribution in [0.3, 0.4) is 0 Å². The Morgan fingerprint density at radius 2 is 1.59 bits per heavy atom. The molecule has 1 atom stereocenters. The number of amides is 1. The van der Waals surface area contributed by atoms with E-state index in [9.17, 15) is 9.59 Å². The fraction of sp³-hybridized carbons (Fsp3) is 0.176. The van der Waals surface area contributed by atoms with Gasteiger partial charge < -0.3 is 4.74 Å². The molecule has 0 heterocycles. The van der Waals surface area contributed by atoms with Gasteiger partial charge >= 0.3 is 6.09 Å². The minimum Gasteiger partial charge on any atom is -0.444 e. The highest BCUT2D eigenvalue weighted by molar-refractivity contribution is 5.99. The van der Waals surface area contributed by atoms with Crippen molar-refractivity contribution in [1.82, 2.24) is 10.9 Å². The standard InChI is InChI=1S/C17H18N2O3/c1-13(16(20)15-10-6-3-7-11-15)18-19-17(21)22-12-14-8-4-2-5-9-14/h2-11,13,18H,12H2,1H3,(H,19,21)/t13-/m0/s1. The summed E-state index contributed by atoms with van der Waals surface area (Å²) in [5, 5.41) is 0. The number of carbonyl (C=O) groups excluding carboxylic acids is 2. The lowest BCUT2D eigenvalue weighted by Crippen LogP contribution is -2.46. The third-order valence-electron chi connectivity index (χ3n) is 3.06. The van der Waals surface area contributed by atoms with Crippen molar-refractivity contribution in [1.29, 1.82) is 0 Å². The SMILES string of the molecule is C[C@H](NNC(=O)OCc1ccccc1)C(=O)c1ccccc1. The number of rotatable bonds is 6. The van der Waals surface area contributed by atoms with Crippen LogP contribution in [0.25, 0.3) is 0 Å². The zero-order chi connectivity index (χ0) is 15.8. The van der Waals surface area contributed by atoms with Gasteiger partial charge in [-0.3, -0.25) is 10.2 Å². The second kappa shape index (κ2) is 7.95. The van der Waals surface area contributed by atoms with Crippen molar-refractivity contribution in [3.05, 3.63) is 71.8 Å². The molecule has 0 aliphatic carbocycles. The van der Waals surface area contributed by atoms with Crippen LogP contribution < -0.4 is 10.9 Å². The highest BCUT2D eigenvalue weighted by Crippen LogP contribution is 2.03. The molecule has 0 aromatic heterocycles. The van der Waals surface area contributed by atoms with E-state index >= 15 is 0 Å². The maximum absolute atomic E-state index is 12.1. The summed E-state index contributed by atoms with van der Waals surface area (Å²) in [4.78, 5) is 23.7. The highest BCUT2D eigenvalue weighted by Gasteiger charge is 2.15. The molecule has 0 unspecified atom stereocenters. The number of hydrogen-bond acceptors (Lipinski definition) is 4.